The van der Waals surface area contributed by atoms with Gasteiger partial charge in [-0.15, -0.1) is 0 Å². The summed E-state index contributed by atoms with van der Waals surface area (Å²) in [6.07, 6.45) is 39.0. The van der Waals surface area contributed by atoms with Crippen LogP contribution in [-0.4, -0.2) is 36.6 Å². The van der Waals surface area contributed by atoms with Crippen LogP contribution >= 0.6 is 0 Å². The normalized spacial score (nSPS) is 11.5. The zero-order chi connectivity index (χ0) is 34.0. The number of hydrogen-bond acceptors (Lipinski definition) is 4. The first-order valence-corrected chi connectivity index (χ1v) is 20.9. The quantitative estimate of drug-likeness (QED) is 0.0710. The van der Waals surface area contributed by atoms with Gasteiger partial charge in [0, 0.05) is 18.6 Å². The Bertz CT molecular complexity index is 960. The zero-order valence-corrected chi connectivity index (χ0v) is 31.2. The fourth-order valence-corrected chi connectivity index (χ4v) is 6.87. The number of benzene rings is 2. The Morgan fingerprint density at radius 2 is 0.667 bits per heavy atom. The second-order valence-electron chi connectivity index (χ2n) is 14.4. The zero-order valence-electron chi connectivity index (χ0n) is 31.2. The number of rotatable bonds is 36. The Kier molecular flexibility index (Phi) is 28.6. The number of hydrogen-bond donors (Lipinski definition) is 2. The lowest BCUT2D eigenvalue weighted by molar-refractivity contribution is 0.261. The van der Waals surface area contributed by atoms with Crippen molar-refractivity contribution in [3.05, 3.63) is 36.4 Å². The third-order valence-electron chi connectivity index (χ3n) is 9.95. The Morgan fingerprint density at radius 3 is 1.06 bits per heavy atom. The maximum atomic E-state index is 8.84. The Hall–Kier alpha value is -1.78. The number of aliphatic hydroxyl groups is 2. The van der Waals surface area contributed by atoms with E-state index in [1.54, 1.807) is 0 Å². The molecule has 0 aliphatic carbocycles. The van der Waals surface area contributed by atoms with Gasteiger partial charge in [-0.25, -0.2) is 0 Å². The number of aliphatic hydroxyl groups excluding tert-OH is 2. The summed E-state index contributed by atoms with van der Waals surface area (Å²) in [6.45, 7) is 2.23. The average molecular weight is 669 g/mol. The number of unbranched alkanes of at least 4 members (excludes halogenated alkanes) is 28. The van der Waals surface area contributed by atoms with E-state index in [1.807, 2.05) is 0 Å². The van der Waals surface area contributed by atoms with Crippen LogP contribution in [0.25, 0.3) is 10.8 Å². The standard InChI is InChI=1S/C44H76O4/c45-37-29-23-19-15-11-7-3-1-5-9-13-17-21-25-31-39-47-43-36-35-41-33-27-28-34-42(41)44(43)48-40-32-26-22-18-14-10-6-2-4-8-12-16-20-24-30-38-46/h27-28,33-36,45-46H,1-26,29-32,37-40H2. The number of ether oxygens (including phenoxy) is 2. The summed E-state index contributed by atoms with van der Waals surface area (Å²) in [6, 6.07) is 12.8. The molecule has 0 spiro atoms. The van der Waals surface area contributed by atoms with E-state index in [0.717, 1.165) is 55.8 Å². The SMILES string of the molecule is OCCCCCCCCCCCCCCCCCOc1ccc2ccccc2c1OCCCCCCCCCCCCCCCCCO. The van der Waals surface area contributed by atoms with Crippen molar-refractivity contribution in [1.82, 2.24) is 0 Å². The first-order chi connectivity index (χ1) is 23.9. The molecule has 4 heteroatoms. The van der Waals surface area contributed by atoms with E-state index >= 15 is 0 Å². The van der Waals surface area contributed by atoms with Crippen LogP contribution in [0.5, 0.6) is 11.5 Å². The van der Waals surface area contributed by atoms with E-state index in [9.17, 15) is 0 Å². The molecule has 0 aromatic heterocycles. The molecule has 276 valence electrons. The highest BCUT2D eigenvalue weighted by atomic mass is 16.5. The van der Waals surface area contributed by atoms with Gasteiger partial charge < -0.3 is 19.7 Å². The molecule has 0 amide bonds. The van der Waals surface area contributed by atoms with Crippen LogP contribution in [0.3, 0.4) is 0 Å². The molecule has 48 heavy (non-hydrogen) atoms. The summed E-state index contributed by atoms with van der Waals surface area (Å²) in [5.41, 5.74) is 0. The van der Waals surface area contributed by atoms with Crippen molar-refractivity contribution >= 4 is 10.8 Å². The van der Waals surface area contributed by atoms with Crippen molar-refractivity contribution in [2.75, 3.05) is 26.4 Å². The van der Waals surface area contributed by atoms with Gasteiger partial charge in [0.25, 0.3) is 0 Å². The van der Waals surface area contributed by atoms with Gasteiger partial charge in [-0.2, -0.15) is 0 Å². The van der Waals surface area contributed by atoms with Crippen molar-refractivity contribution in [3.8, 4) is 11.5 Å². The summed E-state index contributed by atoms with van der Waals surface area (Å²) in [7, 11) is 0. The lowest BCUT2D eigenvalue weighted by Gasteiger charge is -2.15. The molecule has 0 unspecified atom stereocenters. The van der Waals surface area contributed by atoms with Gasteiger partial charge in [0.15, 0.2) is 11.5 Å². The predicted molar refractivity (Wildman–Crippen MR) is 208 cm³/mol. The minimum absolute atomic E-state index is 0.353. The van der Waals surface area contributed by atoms with Gasteiger partial charge in [-0.05, 0) is 37.1 Å². The molecule has 2 aromatic rings. The van der Waals surface area contributed by atoms with Crippen molar-refractivity contribution in [2.45, 2.75) is 193 Å². The highest BCUT2D eigenvalue weighted by molar-refractivity contribution is 5.90. The molecule has 0 atom stereocenters. The smallest absolute Gasteiger partial charge is 0.168 e. The summed E-state index contributed by atoms with van der Waals surface area (Å²) >= 11 is 0. The van der Waals surface area contributed by atoms with E-state index in [4.69, 9.17) is 19.7 Å². The van der Waals surface area contributed by atoms with Crippen molar-refractivity contribution in [3.63, 3.8) is 0 Å². The average Bonchev–Trinajstić information content (AvgIpc) is 3.11. The van der Waals surface area contributed by atoms with Crippen LogP contribution in [0.15, 0.2) is 36.4 Å². The van der Waals surface area contributed by atoms with Crippen LogP contribution in [0.1, 0.15) is 193 Å². The van der Waals surface area contributed by atoms with Crippen LogP contribution in [0, 0.1) is 0 Å². The lowest BCUT2D eigenvalue weighted by atomic mass is 10.0. The first kappa shape index (κ1) is 42.4. The van der Waals surface area contributed by atoms with Gasteiger partial charge in [0.2, 0.25) is 0 Å². The Morgan fingerprint density at radius 1 is 0.333 bits per heavy atom. The molecule has 4 nitrogen and oxygen atoms in total. The fourth-order valence-electron chi connectivity index (χ4n) is 6.87. The van der Waals surface area contributed by atoms with E-state index in [-0.39, 0.29) is 0 Å². The molecule has 0 aliphatic heterocycles. The highest BCUT2D eigenvalue weighted by Gasteiger charge is 2.10. The summed E-state index contributed by atoms with van der Waals surface area (Å²) < 4.78 is 12.7. The first-order valence-electron chi connectivity index (χ1n) is 20.9. The third kappa shape index (κ3) is 22.8. The number of fused-ring (bicyclic) bond motifs is 1. The molecule has 0 saturated heterocycles. The molecule has 2 aromatic carbocycles. The van der Waals surface area contributed by atoms with Gasteiger partial charge in [-0.1, -0.05) is 197 Å². The third-order valence-corrected chi connectivity index (χ3v) is 9.95. The molecule has 2 N–H and O–H groups in total. The van der Waals surface area contributed by atoms with Crippen LogP contribution in [-0.2, 0) is 0 Å². The van der Waals surface area contributed by atoms with Gasteiger partial charge >= 0.3 is 0 Å². The summed E-state index contributed by atoms with van der Waals surface area (Å²) in [5, 5.41) is 20.1. The monoisotopic (exact) mass is 669 g/mol. The van der Waals surface area contributed by atoms with Crippen LogP contribution < -0.4 is 9.47 Å². The Labute approximate surface area is 296 Å². The molecular formula is C44H76O4. The Balaban J connectivity index is 1.48. The van der Waals surface area contributed by atoms with Crippen LogP contribution in [0.4, 0.5) is 0 Å². The fraction of sp³-hybridized carbons (Fsp3) is 0.773. The highest BCUT2D eigenvalue weighted by Crippen LogP contribution is 2.36. The van der Waals surface area contributed by atoms with Crippen molar-refractivity contribution < 1.29 is 19.7 Å². The van der Waals surface area contributed by atoms with Crippen LogP contribution in [0.2, 0.25) is 0 Å². The maximum Gasteiger partial charge on any atom is 0.168 e. The predicted octanol–water partition coefficient (Wildman–Crippen LogP) is 13.3. The molecule has 0 radical (unpaired) electrons. The summed E-state index contributed by atoms with van der Waals surface area (Å²) in [5.74, 6) is 1.83. The molecule has 2 rings (SSSR count). The maximum absolute atomic E-state index is 8.84. The second-order valence-corrected chi connectivity index (χ2v) is 14.4. The largest absolute Gasteiger partial charge is 0.490 e. The van der Waals surface area contributed by atoms with E-state index < -0.39 is 0 Å². The second kappa shape index (κ2) is 32.4. The lowest BCUT2D eigenvalue weighted by Crippen LogP contribution is -2.03. The minimum atomic E-state index is 0.353. The van der Waals surface area contributed by atoms with Crippen molar-refractivity contribution in [1.29, 1.82) is 0 Å². The topological polar surface area (TPSA) is 58.9 Å². The molecule has 0 bridgehead atoms. The van der Waals surface area contributed by atoms with E-state index in [1.165, 1.54) is 172 Å². The van der Waals surface area contributed by atoms with Gasteiger partial charge in [0.1, 0.15) is 0 Å². The minimum Gasteiger partial charge on any atom is -0.490 e. The molecule has 0 saturated carbocycles. The van der Waals surface area contributed by atoms with Gasteiger partial charge in [-0.3, -0.25) is 0 Å². The van der Waals surface area contributed by atoms with E-state index in [0.29, 0.717) is 13.2 Å². The molecule has 0 heterocycles. The molecule has 0 fully saturated rings. The van der Waals surface area contributed by atoms with Crippen molar-refractivity contribution in [2.24, 2.45) is 0 Å². The molecular weight excluding hydrogens is 592 g/mol. The summed E-state index contributed by atoms with van der Waals surface area (Å²) in [4.78, 5) is 0. The van der Waals surface area contributed by atoms with Gasteiger partial charge in [0.05, 0.1) is 13.2 Å². The molecule has 0 aliphatic rings. The van der Waals surface area contributed by atoms with E-state index in [2.05, 4.69) is 36.4 Å².